The van der Waals surface area contributed by atoms with Crippen molar-refractivity contribution < 1.29 is 14.2 Å². The minimum Gasteiger partial charge on any atom is -0.493 e. The normalized spacial score (nSPS) is 10.4. The molecule has 108 valence electrons. The van der Waals surface area contributed by atoms with Gasteiger partial charge in [0.05, 0.1) is 32.4 Å². The molecule has 0 fully saturated rings. The van der Waals surface area contributed by atoms with E-state index in [1.54, 1.807) is 26.7 Å². The van der Waals surface area contributed by atoms with Crippen molar-refractivity contribution in [3.05, 3.63) is 35.9 Å². The smallest absolute Gasteiger partial charge is 0.203 e. The fraction of sp³-hybridized carbons (Fsp3) is 0.357. The molecule has 0 amide bonds. The van der Waals surface area contributed by atoms with Crippen molar-refractivity contribution in [1.82, 2.24) is 9.55 Å². The van der Waals surface area contributed by atoms with E-state index in [4.69, 9.17) is 19.9 Å². The van der Waals surface area contributed by atoms with Crippen LogP contribution in [0, 0.1) is 0 Å². The van der Waals surface area contributed by atoms with Crippen LogP contribution in [-0.4, -0.2) is 23.8 Å². The number of nitrogens with two attached hydrogens (primary N) is 1. The molecular formula is C14H19N3O3. The number of hydrogen-bond donors (Lipinski definition) is 1. The molecule has 0 bridgehead atoms. The van der Waals surface area contributed by atoms with Crippen molar-refractivity contribution in [3.8, 4) is 17.2 Å². The number of nitrogens with zero attached hydrogens (tertiary/aromatic N) is 2. The molecule has 0 spiro atoms. The van der Waals surface area contributed by atoms with E-state index >= 15 is 0 Å². The molecule has 6 heteroatoms. The first-order valence-corrected chi connectivity index (χ1v) is 6.22. The molecule has 0 saturated carbocycles. The van der Waals surface area contributed by atoms with Crippen molar-refractivity contribution in [2.45, 2.75) is 13.2 Å². The van der Waals surface area contributed by atoms with E-state index < -0.39 is 0 Å². The van der Waals surface area contributed by atoms with Crippen LogP contribution in [0.5, 0.6) is 17.2 Å². The largest absolute Gasteiger partial charge is 0.493 e. The average molecular weight is 277 g/mol. The standard InChI is InChI=1S/C14H19N3O3/c1-17-9-16-7-11(17)8-20-14-12(18-2)4-10(6-15)5-13(14)19-3/h4-5,7,9H,6,8,15H2,1-3H3. The number of hydrogen-bond acceptors (Lipinski definition) is 5. The molecule has 2 rings (SSSR count). The lowest BCUT2D eigenvalue weighted by Gasteiger charge is -2.15. The Morgan fingerprint density at radius 1 is 1.20 bits per heavy atom. The van der Waals surface area contributed by atoms with Crippen LogP contribution < -0.4 is 19.9 Å². The predicted octanol–water partition coefficient (Wildman–Crippen LogP) is 1.47. The number of aryl methyl sites for hydroxylation is 1. The van der Waals surface area contributed by atoms with Gasteiger partial charge in [-0.05, 0) is 17.7 Å². The summed E-state index contributed by atoms with van der Waals surface area (Å²) in [5.41, 5.74) is 7.53. The molecule has 2 N–H and O–H groups in total. The van der Waals surface area contributed by atoms with Crippen molar-refractivity contribution in [1.29, 1.82) is 0 Å². The minimum absolute atomic E-state index is 0.380. The highest BCUT2D eigenvalue weighted by Gasteiger charge is 2.14. The Bertz CT molecular complexity index is 556. The van der Waals surface area contributed by atoms with Crippen molar-refractivity contribution >= 4 is 0 Å². The molecule has 20 heavy (non-hydrogen) atoms. The van der Waals surface area contributed by atoms with Crippen molar-refractivity contribution in [2.75, 3.05) is 14.2 Å². The Kier molecular flexibility index (Phi) is 4.47. The van der Waals surface area contributed by atoms with Gasteiger partial charge in [0.2, 0.25) is 5.75 Å². The molecule has 1 aromatic carbocycles. The average Bonchev–Trinajstić information content (AvgIpc) is 2.89. The van der Waals surface area contributed by atoms with Gasteiger partial charge in [-0.15, -0.1) is 0 Å². The van der Waals surface area contributed by atoms with E-state index in [-0.39, 0.29) is 0 Å². The van der Waals surface area contributed by atoms with Gasteiger partial charge in [-0.25, -0.2) is 4.98 Å². The summed E-state index contributed by atoms with van der Waals surface area (Å²) >= 11 is 0. The fourth-order valence-corrected chi connectivity index (χ4v) is 1.86. The zero-order valence-electron chi connectivity index (χ0n) is 11.9. The maximum absolute atomic E-state index is 5.82. The monoisotopic (exact) mass is 277 g/mol. The lowest BCUT2D eigenvalue weighted by Crippen LogP contribution is -2.05. The van der Waals surface area contributed by atoms with Crippen LogP contribution >= 0.6 is 0 Å². The molecule has 1 heterocycles. The van der Waals surface area contributed by atoms with Gasteiger partial charge in [-0.2, -0.15) is 0 Å². The molecule has 2 aromatic rings. The van der Waals surface area contributed by atoms with Crippen LogP contribution in [0.1, 0.15) is 11.3 Å². The number of ether oxygens (including phenoxy) is 3. The van der Waals surface area contributed by atoms with E-state index in [0.717, 1.165) is 11.3 Å². The lowest BCUT2D eigenvalue weighted by atomic mass is 10.2. The molecule has 0 unspecified atom stereocenters. The van der Waals surface area contributed by atoms with E-state index in [1.165, 1.54) is 0 Å². The summed E-state index contributed by atoms with van der Waals surface area (Å²) in [6.45, 7) is 0.792. The third-order valence-electron chi connectivity index (χ3n) is 3.04. The molecule has 0 atom stereocenters. The van der Waals surface area contributed by atoms with Crippen LogP contribution in [-0.2, 0) is 20.2 Å². The van der Waals surface area contributed by atoms with E-state index in [2.05, 4.69) is 4.98 Å². The number of rotatable bonds is 6. The minimum atomic E-state index is 0.380. The first-order chi connectivity index (χ1) is 9.69. The van der Waals surface area contributed by atoms with Gasteiger partial charge in [0.1, 0.15) is 6.61 Å². The molecule has 1 aromatic heterocycles. The topological polar surface area (TPSA) is 71.5 Å². The van der Waals surface area contributed by atoms with E-state index in [9.17, 15) is 0 Å². The van der Waals surface area contributed by atoms with Crippen LogP contribution in [0.2, 0.25) is 0 Å². The summed E-state index contributed by atoms with van der Waals surface area (Å²) in [6.07, 6.45) is 3.48. The third kappa shape index (κ3) is 2.85. The van der Waals surface area contributed by atoms with E-state index in [0.29, 0.717) is 30.4 Å². The SMILES string of the molecule is COc1cc(CN)cc(OC)c1OCc1cncn1C. The Morgan fingerprint density at radius 3 is 2.30 bits per heavy atom. The highest BCUT2D eigenvalue weighted by atomic mass is 16.5. The highest BCUT2D eigenvalue weighted by molar-refractivity contribution is 5.53. The number of aromatic nitrogens is 2. The zero-order valence-corrected chi connectivity index (χ0v) is 11.9. The molecule has 0 aliphatic rings. The molecule has 0 radical (unpaired) electrons. The first-order valence-electron chi connectivity index (χ1n) is 6.22. The van der Waals surface area contributed by atoms with Gasteiger partial charge in [-0.3, -0.25) is 0 Å². The zero-order chi connectivity index (χ0) is 14.5. The number of imidazole rings is 1. The maximum Gasteiger partial charge on any atom is 0.203 e. The summed E-state index contributed by atoms with van der Waals surface area (Å²) in [6, 6.07) is 3.70. The highest BCUT2D eigenvalue weighted by Crippen LogP contribution is 2.38. The Morgan fingerprint density at radius 2 is 1.85 bits per heavy atom. The molecule has 0 saturated heterocycles. The summed E-state index contributed by atoms with van der Waals surface area (Å²) in [5, 5.41) is 0. The summed E-state index contributed by atoms with van der Waals surface area (Å²) in [4.78, 5) is 4.05. The Balaban J connectivity index is 2.27. The predicted molar refractivity (Wildman–Crippen MR) is 75.0 cm³/mol. The van der Waals surface area contributed by atoms with Crippen molar-refractivity contribution in [3.63, 3.8) is 0 Å². The van der Waals surface area contributed by atoms with Gasteiger partial charge in [0, 0.05) is 13.6 Å². The second-order valence-corrected chi connectivity index (χ2v) is 4.32. The van der Waals surface area contributed by atoms with Crippen LogP contribution in [0.3, 0.4) is 0 Å². The van der Waals surface area contributed by atoms with Crippen LogP contribution in [0.15, 0.2) is 24.7 Å². The third-order valence-corrected chi connectivity index (χ3v) is 3.04. The first kappa shape index (κ1) is 14.2. The second kappa shape index (κ2) is 6.29. The molecule has 0 aliphatic carbocycles. The molecular weight excluding hydrogens is 258 g/mol. The molecule has 6 nitrogen and oxygen atoms in total. The summed E-state index contributed by atoms with van der Waals surface area (Å²) < 4.78 is 18.4. The Hall–Kier alpha value is -2.21. The fourth-order valence-electron chi connectivity index (χ4n) is 1.86. The number of methoxy groups -OCH3 is 2. The quantitative estimate of drug-likeness (QED) is 0.865. The van der Waals surface area contributed by atoms with Gasteiger partial charge < -0.3 is 24.5 Å². The molecule has 0 aliphatic heterocycles. The van der Waals surface area contributed by atoms with Crippen molar-refractivity contribution in [2.24, 2.45) is 12.8 Å². The van der Waals surface area contributed by atoms with Crippen LogP contribution in [0.25, 0.3) is 0 Å². The van der Waals surface area contributed by atoms with Gasteiger partial charge >= 0.3 is 0 Å². The summed E-state index contributed by atoms with van der Waals surface area (Å²) in [7, 11) is 5.09. The van der Waals surface area contributed by atoms with Crippen LogP contribution in [0.4, 0.5) is 0 Å². The van der Waals surface area contributed by atoms with E-state index in [1.807, 2.05) is 23.7 Å². The lowest BCUT2D eigenvalue weighted by molar-refractivity contribution is 0.260. The number of benzene rings is 1. The second-order valence-electron chi connectivity index (χ2n) is 4.32. The Labute approximate surface area is 118 Å². The van der Waals surface area contributed by atoms with Gasteiger partial charge in [-0.1, -0.05) is 0 Å². The van der Waals surface area contributed by atoms with Gasteiger partial charge in [0.15, 0.2) is 11.5 Å². The van der Waals surface area contributed by atoms with Gasteiger partial charge in [0.25, 0.3) is 0 Å². The summed E-state index contributed by atoms with van der Waals surface area (Å²) in [5.74, 6) is 1.77. The maximum atomic E-state index is 5.82.